The monoisotopic (exact) mass is 259 g/mol. The molecule has 1 N–H and O–H groups in total. The van der Waals surface area contributed by atoms with E-state index in [1.807, 2.05) is 0 Å². The Hall–Kier alpha value is -1.94. The largest absolute Gasteiger partial charge is 0.497 e. The molecular weight excluding hydrogens is 246 g/mol. The lowest BCUT2D eigenvalue weighted by atomic mass is 10.2. The Morgan fingerprint density at radius 3 is 2.22 bits per heavy atom. The maximum atomic E-state index is 11.9. The molecule has 0 unspecified atom stereocenters. The second-order valence-electron chi connectivity index (χ2n) is 3.73. The van der Waals surface area contributed by atoms with E-state index in [1.54, 1.807) is 55.6 Å². The number of rotatable bonds is 3. The summed E-state index contributed by atoms with van der Waals surface area (Å²) in [6, 6.07) is 14.2. The van der Waals surface area contributed by atoms with Gasteiger partial charge in [0.25, 0.3) is 5.91 Å². The average Bonchev–Trinajstić information content (AvgIpc) is 2.40. The number of hydrogen-bond donors (Lipinski definition) is 2. The van der Waals surface area contributed by atoms with Gasteiger partial charge in [0.1, 0.15) is 5.75 Å². The minimum atomic E-state index is -0.145. The first kappa shape index (κ1) is 12.5. The Bertz CT molecular complexity index is 535. The van der Waals surface area contributed by atoms with Crippen LogP contribution in [-0.4, -0.2) is 13.0 Å². The quantitative estimate of drug-likeness (QED) is 0.830. The van der Waals surface area contributed by atoms with Crippen LogP contribution in [0.2, 0.25) is 0 Å². The third-order valence-corrected chi connectivity index (χ3v) is 2.78. The molecule has 0 fully saturated rings. The number of thiol groups is 1. The molecule has 0 spiro atoms. The van der Waals surface area contributed by atoms with E-state index in [2.05, 4.69) is 17.9 Å². The molecule has 0 aliphatic heterocycles. The second-order valence-corrected chi connectivity index (χ2v) is 4.25. The summed E-state index contributed by atoms with van der Waals surface area (Å²) in [7, 11) is 1.60. The van der Waals surface area contributed by atoms with E-state index in [0.717, 1.165) is 16.3 Å². The maximum absolute atomic E-state index is 11.9. The number of ether oxygens (including phenoxy) is 1. The molecule has 0 aliphatic carbocycles. The number of hydrogen-bond acceptors (Lipinski definition) is 3. The van der Waals surface area contributed by atoms with Crippen LogP contribution < -0.4 is 10.1 Å². The van der Waals surface area contributed by atoms with Gasteiger partial charge in [-0.05, 0) is 48.5 Å². The van der Waals surface area contributed by atoms with Gasteiger partial charge in [-0.25, -0.2) is 0 Å². The lowest BCUT2D eigenvalue weighted by molar-refractivity contribution is 0.102. The van der Waals surface area contributed by atoms with E-state index < -0.39 is 0 Å². The molecule has 2 aromatic carbocycles. The van der Waals surface area contributed by atoms with Crippen LogP contribution in [-0.2, 0) is 0 Å². The average molecular weight is 259 g/mol. The highest BCUT2D eigenvalue weighted by Crippen LogP contribution is 2.16. The topological polar surface area (TPSA) is 38.3 Å². The summed E-state index contributed by atoms with van der Waals surface area (Å²) in [5, 5.41) is 2.81. The Kier molecular flexibility index (Phi) is 3.89. The van der Waals surface area contributed by atoms with Crippen molar-refractivity contribution in [1.29, 1.82) is 0 Å². The predicted octanol–water partition coefficient (Wildman–Crippen LogP) is 3.24. The van der Waals surface area contributed by atoms with Crippen LogP contribution >= 0.6 is 12.6 Å². The molecule has 2 rings (SSSR count). The zero-order valence-corrected chi connectivity index (χ0v) is 10.8. The lowest BCUT2D eigenvalue weighted by Crippen LogP contribution is -2.11. The van der Waals surface area contributed by atoms with E-state index in [9.17, 15) is 4.79 Å². The molecule has 0 saturated carbocycles. The Balaban J connectivity index is 2.08. The molecule has 0 bridgehead atoms. The number of nitrogens with one attached hydrogen (secondary N) is 1. The molecule has 92 valence electrons. The van der Waals surface area contributed by atoms with Crippen LogP contribution in [0.25, 0.3) is 0 Å². The van der Waals surface area contributed by atoms with Gasteiger partial charge in [-0.15, -0.1) is 12.6 Å². The van der Waals surface area contributed by atoms with Crippen molar-refractivity contribution in [2.75, 3.05) is 12.4 Å². The van der Waals surface area contributed by atoms with Crippen molar-refractivity contribution < 1.29 is 9.53 Å². The number of methoxy groups -OCH3 is 1. The molecular formula is C14H13NO2S. The molecule has 18 heavy (non-hydrogen) atoms. The van der Waals surface area contributed by atoms with E-state index >= 15 is 0 Å². The standard InChI is InChI=1S/C14H13NO2S/c1-17-12-6-4-11(5-7-12)15-14(16)10-2-8-13(18)9-3-10/h2-9,18H,1H3,(H,15,16). The summed E-state index contributed by atoms with van der Waals surface area (Å²) < 4.78 is 5.05. The van der Waals surface area contributed by atoms with Crippen LogP contribution in [0.4, 0.5) is 5.69 Å². The van der Waals surface area contributed by atoms with Gasteiger partial charge in [-0.3, -0.25) is 4.79 Å². The number of carbonyl (C=O) groups excluding carboxylic acids is 1. The van der Waals surface area contributed by atoms with Gasteiger partial charge < -0.3 is 10.1 Å². The predicted molar refractivity (Wildman–Crippen MR) is 74.6 cm³/mol. The van der Waals surface area contributed by atoms with Crippen LogP contribution in [0.5, 0.6) is 5.75 Å². The zero-order chi connectivity index (χ0) is 13.0. The Labute approximate surface area is 111 Å². The van der Waals surface area contributed by atoms with Crippen molar-refractivity contribution in [1.82, 2.24) is 0 Å². The van der Waals surface area contributed by atoms with Crippen LogP contribution in [0.1, 0.15) is 10.4 Å². The summed E-state index contributed by atoms with van der Waals surface area (Å²) in [5.74, 6) is 0.612. The third-order valence-electron chi connectivity index (χ3n) is 2.48. The summed E-state index contributed by atoms with van der Waals surface area (Å²) in [6.07, 6.45) is 0. The highest BCUT2D eigenvalue weighted by atomic mass is 32.1. The first-order valence-corrected chi connectivity index (χ1v) is 5.88. The molecule has 3 nitrogen and oxygen atoms in total. The Morgan fingerprint density at radius 2 is 1.67 bits per heavy atom. The van der Waals surface area contributed by atoms with Crippen LogP contribution in [0, 0.1) is 0 Å². The molecule has 2 aromatic rings. The van der Waals surface area contributed by atoms with E-state index in [4.69, 9.17) is 4.74 Å². The fraction of sp³-hybridized carbons (Fsp3) is 0.0714. The normalized spacial score (nSPS) is 9.89. The van der Waals surface area contributed by atoms with E-state index in [0.29, 0.717) is 5.56 Å². The molecule has 0 saturated heterocycles. The van der Waals surface area contributed by atoms with Crippen molar-refractivity contribution in [3.8, 4) is 5.75 Å². The second kappa shape index (κ2) is 5.60. The van der Waals surface area contributed by atoms with E-state index in [-0.39, 0.29) is 5.91 Å². The van der Waals surface area contributed by atoms with Crippen molar-refractivity contribution in [2.45, 2.75) is 4.90 Å². The van der Waals surface area contributed by atoms with Gasteiger partial charge in [0.15, 0.2) is 0 Å². The molecule has 0 heterocycles. The molecule has 0 aliphatic rings. The zero-order valence-electron chi connectivity index (χ0n) is 9.88. The van der Waals surface area contributed by atoms with Gasteiger partial charge in [0.2, 0.25) is 0 Å². The number of carbonyl (C=O) groups is 1. The summed E-state index contributed by atoms with van der Waals surface area (Å²) >= 11 is 4.18. The summed E-state index contributed by atoms with van der Waals surface area (Å²) in [6.45, 7) is 0. The summed E-state index contributed by atoms with van der Waals surface area (Å²) in [5.41, 5.74) is 1.33. The molecule has 4 heteroatoms. The minimum absolute atomic E-state index is 0.145. The van der Waals surface area contributed by atoms with Gasteiger partial charge in [-0.1, -0.05) is 0 Å². The minimum Gasteiger partial charge on any atom is -0.497 e. The number of anilines is 1. The smallest absolute Gasteiger partial charge is 0.255 e. The van der Waals surface area contributed by atoms with Crippen molar-refractivity contribution >= 4 is 24.2 Å². The highest BCUT2D eigenvalue weighted by molar-refractivity contribution is 7.80. The molecule has 0 radical (unpaired) electrons. The van der Waals surface area contributed by atoms with Gasteiger partial charge in [0, 0.05) is 16.1 Å². The van der Waals surface area contributed by atoms with Gasteiger partial charge >= 0.3 is 0 Å². The van der Waals surface area contributed by atoms with Gasteiger partial charge in [-0.2, -0.15) is 0 Å². The van der Waals surface area contributed by atoms with Crippen molar-refractivity contribution in [3.05, 3.63) is 54.1 Å². The SMILES string of the molecule is COc1ccc(NC(=O)c2ccc(S)cc2)cc1. The van der Waals surface area contributed by atoms with Crippen molar-refractivity contribution in [2.24, 2.45) is 0 Å². The fourth-order valence-electron chi connectivity index (χ4n) is 1.49. The third kappa shape index (κ3) is 3.05. The molecule has 1 amide bonds. The highest BCUT2D eigenvalue weighted by Gasteiger charge is 2.05. The first-order chi connectivity index (χ1) is 8.69. The Morgan fingerprint density at radius 1 is 1.06 bits per heavy atom. The molecule has 0 atom stereocenters. The molecule has 0 aromatic heterocycles. The summed E-state index contributed by atoms with van der Waals surface area (Å²) in [4.78, 5) is 12.7. The van der Waals surface area contributed by atoms with Crippen molar-refractivity contribution in [3.63, 3.8) is 0 Å². The lowest BCUT2D eigenvalue weighted by Gasteiger charge is -2.06. The first-order valence-electron chi connectivity index (χ1n) is 5.43. The number of amides is 1. The van der Waals surface area contributed by atoms with Gasteiger partial charge in [0.05, 0.1) is 7.11 Å². The number of benzene rings is 2. The van der Waals surface area contributed by atoms with Crippen LogP contribution in [0.15, 0.2) is 53.4 Å². The van der Waals surface area contributed by atoms with Crippen LogP contribution in [0.3, 0.4) is 0 Å². The van der Waals surface area contributed by atoms with E-state index in [1.165, 1.54) is 0 Å². The maximum Gasteiger partial charge on any atom is 0.255 e. The fourth-order valence-corrected chi connectivity index (χ4v) is 1.64.